The number of nitrogens with zero attached hydrogens (tertiary/aromatic N) is 1. The van der Waals surface area contributed by atoms with Crippen molar-refractivity contribution in [3.8, 4) is 0 Å². The van der Waals surface area contributed by atoms with Crippen LogP contribution in [-0.4, -0.2) is 10.9 Å². The van der Waals surface area contributed by atoms with Crippen LogP contribution in [0.25, 0.3) is 0 Å². The van der Waals surface area contributed by atoms with E-state index in [2.05, 4.69) is 21.1 Å². The molecule has 1 aromatic carbocycles. The lowest BCUT2D eigenvalue weighted by atomic mass is 10.1. The fourth-order valence-electron chi connectivity index (χ4n) is 0.779. The molecule has 0 saturated carbocycles. The number of rotatable bonds is 1. The summed E-state index contributed by atoms with van der Waals surface area (Å²) in [6.45, 7) is 1.71. The molecule has 0 aliphatic heterocycles. The highest BCUT2D eigenvalue weighted by atomic mass is 79.9. The van der Waals surface area contributed by atoms with Crippen LogP contribution in [0.5, 0.6) is 0 Å². The third-order valence-corrected chi connectivity index (χ3v) is 2.72. The Morgan fingerprint density at radius 1 is 1.58 bits per heavy atom. The summed E-state index contributed by atoms with van der Waals surface area (Å²) < 4.78 is 0.832. The minimum atomic E-state index is 0.546. The summed E-state index contributed by atoms with van der Waals surface area (Å²) in [5, 5.41) is 12.2. The summed E-state index contributed by atoms with van der Waals surface area (Å²) >= 11 is 9.10. The standard InChI is InChI=1S/C8H7BrClNO/c1-5(11-12)6-2-3-7(9)8(10)4-6/h2-4,12H,1H3. The van der Waals surface area contributed by atoms with Gasteiger partial charge in [-0.25, -0.2) is 0 Å². The van der Waals surface area contributed by atoms with Gasteiger partial charge in [-0.15, -0.1) is 0 Å². The van der Waals surface area contributed by atoms with E-state index in [1.807, 2.05) is 12.1 Å². The summed E-state index contributed by atoms with van der Waals surface area (Å²) in [6, 6.07) is 5.37. The van der Waals surface area contributed by atoms with Crippen molar-refractivity contribution in [1.82, 2.24) is 0 Å². The van der Waals surface area contributed by atoms with Crippen molar-refractivity contribution in [3.05, 3.63) is 33.3 Å². The van der Waals surface area contributed by atoms with E-state index in [-0.39, 0.29) is 0 Å². The molecular formula is C8H7BrClNO. The van der Waals surface area contributed by atoms with Crippen LogP contribution in [0.2, 0.25) is 5.02 Å². The lowest BCUT2D eigenvalue weighted by Crippen LogP contribution is -1.93. The third-order valence-electron chi connectivity index (χ3n) is 1.49. The lowest BCUT2D eigenvalue weighted by Gasteiger charge is -2.00. The Morgan fingerprint density at radius 3 is 2.75 bits per heavy atom. The van der Waals surface area contributed by atoms with Gasteiger partial charge in [0.15, 0.2) is 0 Å². The molecule has 12 heavy (non-hydrogen) atoms. The average molecular weight is 249 g/mol. The van der Waals surface area contributed by atoms with Gasteiger partial charge < -0.3 is 5.21 Å². The molecule has 0 spiro atoms. The first kappa shape index (κ1) is 9.55. The monoisotopic (exact) mass is 247 g/mol. The SMILES string of the molecule is CC(=NO)c1ccc(Br)c(Cl)c1. The molecule has 0 radical (unpaired) electrons. The van der Waals surface area contributed by atoms with Gasteiger partial charge in [0, 0.05) is 10.0 Å². The summed E-state index contributed by atoms with van der Waals surface area (Å²) in [7, 11) is 0. The van der Waals surface area contributed by atoms with Crippen LogP contribution < -0.4 is 0 Å². The average Bonchev–Trinajstić information content (AvgIpc) is 2.08. The van der Waals surface area contributed by atoms with Crippen LogP contribution in [0.1, 0.15) is 12.5 Å². The van der Waals surface area contributed by atoms with Crippen molar-refractivity contribution in [1.29, 1.82) is 0 Å². The fraction of sp³-hybridized carbons (Fsp3) is 0.125. The molecule has 1 aromatic rings. The maximum absolute atomic E-state index is 8.48. The van der Waals surface area contributed by atoms with E-state index < -0.39 is 0 Å². The molecule has 0 heterocycles. The molecule has 1 rings (SSSR count). The number of oxime groups is 1. The van der Waals surface area contributed by atoms with Crippen LogP contribution in [0, 0.1) is 0 Å². The smallest absolute Gasteiger partial charge is 0.0837 e. The molecule has 0 saturated heterocycles. The Bertz CT molecular complexity index is 325. The van der Waals surface area contributed by atoms with E-state index in [1.54, 1.807) is 13.0 Å². The highest BCUT2D eigenvalue weighted by Gasteiger charge is 2.01. The molecule has 0 bridgehead atoms. The molecule has 64 valence electrons. The molecule has 0 aliphatic carbocycles. The maximum atomic E-state index is 8.48. The van der Waals surface area contributed by atoms with Gasteiger partial charge in [-0.3, -0.25) is 0 Å². The highest BCUT2D eigenvalue weighted by molar-refractivity contribution is 9.10. The van der Waals surface area contributed by atoms with Gasteiger partial charge in [0.1, 0.15) is 0 Å². The van der Waals surface area contributed by atoms with Gasteiger partial charge in [0.25, 0.3) is 0 Å². The first-order chi connectivity index (χ1) is 5.65. The molecule has 0 aromatic heterocycles. The van der Waals surface area contributed by atoms with Gasteiger partial charge in [-0.05, 0) is 35.0 Å². The second kappa shape index (κ2) is 3.92. The molecule has 0 fully saturated rings. The Morgan fingerprint density at radius 2 is 2.25 bits per heavy atom. The normalized spacial score (nSPS) is 11.8. The lowest BCUT2D eigenvalue weighted by molar-refractivity contribution is 0.319. The largest absolute Gasteiger partial charge is 0.411 e. The quantitative estimate of drug-likeness (QED) is 0.462. The number of halogens is 2. The second-order valence-electron chi connectivity index (χ2n) is 2.31. The zero-order valence-corrected chi connectivity index (χ0v) is 8.72. The second-order valence-corrected chi connectivity index (χ2v) is 3.58. The Kier molecular flexibility index (Phi) is 3.12. The van der Waals surface area contributed by atoms with E-state index in [1.165, 1.54) is 0 Å². The molecule has 0 unspecified atom stereocenters. The Labute approximate surface area is 84.0 Å². The van der Waals surface area contributed by atoms with Gasteiger partial charge in [0.05, 0.1) is 10.7 Å². The van der Waals surface area contributed by atoms with Crippen molar-refractivity contribution < 1.29 is 5.21 Å². The van der Waals surface area contributed by atoms with E-state index in [9.17, 15) is 0 Å². The summed E-state index contributed by atoms with van der Waals surface area (Å²) in [5.41, 5.74) is 1.36. The molecule has 2 nitrogen and oxygen atoms in total. The summed E-state index contributed by atoms with van der Waals surface area (Å²) in [6.07, 6.45) is 0. The molecule has 4 heteroatoms. The Hall–Kier alpha value is -0.540. The van der Waals surface area contributed by atoms with Gasteiger partial charge in [0.2, 0.25) is 0 Å². The van der Waals surface area contributed by atoms with Gasteiger partial charge >= 0.3 is 0 Å². The van der Waals surface area contributed by atoms with Crippen molar-refractivity contribution in [2.75, 3.05) is 0 Å². The van der Waals surface area contributed by atoms with Gasteiger partial charge in [-0.2, -0.15) is 0 Å². The molecule has 0 amide bonds. The van der Waals surface area contributed by atoms with Crippen LogP contribution in [0.15, 0.2) is 27.8 Å². The first-order valence-corrected chi connectivity index (χ1v) is 4.46. The number of hydrogen-bond acceptors (Lipinski definition) is 2. The first-order valence-electron chi connectivity index (χ1n) is 3.29. The topological polar surface area (TPSA) is 32.6 Å². The predicted octanol–water partition coefficient (Wildman–Crippen LogP) is 3.30. The van der Waals surface area contributed by atoms with E-state index in [0.29, 0.717) is 10.7 Å². The van der Waals surface area contributed by atoms with Crippen LogP contribution in [-0.2, 0) is 0 Å². The minimum Gasteiger partial charge on any atom is -0.411 e. The van der Waals surface area contributed by atoms with Crippen LogP contribution in [0.4, 0.5) is 0 Å². The zero-order valence-electron chi connectivity index (χ0n) is 6.38. The van der Waals surface area contributed by atoms with Gasteiger partial charge in [-0.1, -0.05) is 22.8 Å². The van der Waals surface area contributed by atoms with E-state index in [0.717, 1.165) is 10.0 Å². The highest BCUT2D eigenvalue weighted by Crippen LogP contribution is 2.23. The van der Waals surface area contributed by atoms with E-state index >= 15 is 0 Å². The van der Waals surface area contributed by atoms with Crippen molar-refractivity contribution in [2.45, 2.75) is 6.92 Å². The number of hydrogen-bond donors (Lipinski definition) is 1. The molecule has 0 atom stereocenters. The van der Waals surface area contributed by atoms with Crippen LogP contribution >= 0.6 is 27.5 Å². The summed E-state index contributed by atoms with van der Waals surface area (Å²) in [5.74, 6) is 0. The summed E-state index contributed by atoms with van der Waals surface area (Å²) in [4.78, 5) is 0. The van der Waals surface area contributed by atoms with Crippen molar-refractivity contribution >= 4 is 33.2 Å². The predicted molar refractivity (Wildman–Crippen MR) is 53.1 cm³/mol. The molecular weight excluding hydrogens is 241 g/mol. The molecule has 0 aliphatic rings. The third kappa shape index (κ3) is 1.99. The Balaban J connectivity index is 3.13. The molecule has 1 N–H and O–H groups in total. The van der Waals surface area contributed by atoms with E-state index in [4.69, 9.17) is 16.8 Å². The fourth-order valence-corrected chi connectivity index (χ4v) is 1.21. The van der Waals surface area contributed by atoms with Crippen molar-refractivity contribution in [3.63, 3.8) is 0 Å². The van der Waals surface area contributed by atoms with Crippen molar-refractivity contribution in [2.24, 2.45) is 5.16 Å². The minimum absolute atomic E-state index is 0.546. The maximum Gasteiger partial charge on any atom is 0.0837 e. The zero-order chi connectivity index (χ0) is 9.14. The van der Waals surface area contributed by atoms with Crippen LogP contribution in [0.3, 0.4) is 0 Å². The number of benzene rings is 1.